The van der Waals surface area contributed by atoms with E-state index < -0.39 is 11.8 Å². The highest BCUT2D eigenvalue weighted by atomic mass is 16.5. The second kappa shape index (κ2) is 8.67. The second-order valence-corrected chi connectivity index (χ2v) is 9.12. The van der Waals surface area contributed by atoms with Crippen molar-refractivity contribution in [2.24, 2.45) is 0 Å². The summed E-state index contributed by atoms with van der Waals surface area (Å²) in [6, 6.07) is 10.1. The van der Waals surface area contributed by atoms with Crippen LogP contribution in [0.25, 0.3) is 0 Å². The zero-order chi connectivity index (χ0) is 23.0. The van der Waals surface area contributed by atoms with Crippen molar-refractivity contribution >= 4 is 17.7 Å². The van der Waals surface area contributed by atoms with Crippen molar-refractivity contribution in [3.63, 3.8) is 0 Å². The van der Waals surface area contributed by atoms with Gasteiger partial charge in [-0.15, -0.1) is 0 Å². The van der Waals surface area contributed by atoms with Gasteiger partial charge >= 0.3 is 0 Å². The molecule has 1 aromatic carbocycles. The Hall–Kier alpha value is -3.13. The van der Waals surface area contributed by atoms with Crippen molar-refractivity contribution in [2.45, 2.75) is 44.4 Å². The normalized spacial score (nSPS) is 22.2. The van der Waals surface area contributed by atoms with Gasteiger partial charge in [0.05, 0.1) is 12.9 Å². The third kappa shape index (κ3) is 3.93. The summed E-state index contributed by atoms with van der Waals surface area (Å²) >= 11 is 0. The van der Waals surface area contributed by atoms with Gasteiger partial charge in [0.25, 0.3) is 11.8 Å². The minimum absolute atomic E-state index is 0.0276. The number of piperidine rings is 1. The average molecular weight is 452 g/mol. The summed E-state index contributed by atoms with van der Waals surface area (Å²) in [5.74, 6) is -0.242. The van der Waals surface area contributed by atoms with Gasteiger partial charge in [-0.25, -0.2) is 0 Å². The molecule has 174 valence electrons. The molecular formula is C25H29N3O5. The molecule has 3 aliphatic heterocycles. The van der Waals surface area contributed by atoms with E-state index in [0.29, 0.717) is 44.6 Å². The molecule has 1 spiro atoms. The largest absolute Gasteiger partial charge is 0.459 e. The van der Waals surface area contributed by atoms with Crippen LogP contribution in [0.3, 0.4) is 0 Å². The van der Waals surface area contributed by atoms with Gasteiger partial charge in [0.2, 0.25) is 5.91 Å². The lowest BCUT2D eigenvalue weighted by Crippen LogP contribution is -2.60. The molecule has 0 aliphatic carbocycles. The number of nitrogens with zero attached hydrogens (tertiary/aromatic N) is 3. The van der Waals surface area contributed by atoms with Gasteiger partial charge in [0.1, 0.15) is 11.8 Å². The van der Waals surface area contributed by atoms with Crippen LogP contribution in [-0.2, 0) is 9.53 Å². The van der Waals surface area contributed by atoms with Crippen LogP contribution in [0.15, 0.2) is 47.1 Å². The van der Waals surface area contributed by atoms with E-state index in [1.165, 1.54) is 6.26 Å². The SMILES string of the molecule is Cc1cccc(C(=O)N2CCC3(CC2)OCC(C(=O)N2CCCC2)N3C(=O)c2ccco2)c1. The van der Waals surface area contributed by atoms with E-state index in [1.54, 1.807) is 21.9 Å². The van der Waals surface area contributed by atoms with Crippen LogP contribution in [-0.4, -0.2) is 77.0 Å². The molecule has 1 atom stereocenters. The number of aryl methyl sites for hydroxylation is 1. The maximum Gasteiger partial charge on any atom is 0.292 e. The average Bonchev–Trinajstić information content (AvgIpc) is 3.60. The zero-order valence-corrected chi connectivity index (χ0v) is 18.9. The number of hydrogen-bond donors (Lipinski definition) is 0. The number of carbonyl (C=O) groups excluding carboxylic acids is 3. The lowest BCUT2D eigenvalue weighted by Gasteiger charge is -2.44. The highest BCUT2D eigenvalue weighted by Crippen LogP contribution is 2.39. The van der Waals surface area contributed by atoms with E-state index in [0.717, 1.165) is 18.4 Å². The molecule has 0 bridgehead atoms. The van der Waals surface area contributed by atoms with Gasteiger partial charge in [-0.2, -0.15) is 0 Å². The molecule has 0 N–H and O–H groups in total. The molecule has 3 amide bonds. The fraction of sp³-hybridized carbons (Fsp3) is 0.480. The van der Waals surface area contributed by atoms with Crippen LogP contribution in [0.1, 0.15) is 52.2 Å². The summed E-state index contributed by atoms with van der Waals surface area (Å²) < 4.78 is 11.6. The van der Waals surface area contributed by atoms with E-state index in [4.69, 9.17) is 9.15 Å². The summed E-state index contributed by atoms with van der Waals surface area (Å²) in [5, 5.41) is 0. The molecule has 0 radical (unpaired) electrons. The standard InChI is InChI=1S/C25H29N3O5/c1-18-6-4-7-19(16-18)22(29)27-13-9-25(10-14-27)28(24(31)21-8-5-15-32-21)20(17-33-25)23(30)26-11-2-3-12-26/h4-8,15-16,20H,2-3,9-14,17H2,1H3. The lowest BCUT2D eigenvalue weighted by molar-refractivity contribution is -0.136. The monoisotopic (exact) mass is 451 g/mol. The van der Waals surface area contributed by atoms with Gasteiger partial charge in [-0.3, -0.25) is 19.3 Å². The van der Waals surface area contributed by atoms with Crippen molar-refractivity contribution in [3.8, 4) is 0 Å². The molecule has 8 nitrogen and oxygen atoms in total. The first kappa shape index (κ1) is 21.7. The number of carbonyl (C=O) groups is 3. The minimum atomic E-state index is -0.923. The topological polar surface area (TPSA) is 83.3 Å². The van der Waals surface area contributed by atoms with E-state index in [9.17, 15) is 14.4 Å². The van der Waals surface area contributed by atoms with Crippen LogP contribution in [0.2, 0.25) is 0 Å². The highest BCUT2D eigenvalue weighted by Gasteiger charge is 2.55. The lowest BCUT2D eigenvalue weighted by atomic mass is 9.96. The van der Waals surface area contributed by atoms with Gasteiger partial charge in [0, 0.05) is 44.6 Å². The smallest absolute Gasteiger partial charge is 0.292 e. The Kier molecular flexibility index (Phi) is 5.70. The maximum atomic E-state index is 13.5. The Morgan fingerprint density at radius 2 is 1.70 bits per heavy atom. The molecule has 0 saturated carbocycles. The second-order valence-electron chi connectivity index (χ2n) is 9.12. The number of furan rings is 1. The molecule has 4 heterocycles. The first-order chi connectivity index (χ1) is 16.0. The molecule has 33 heavy (non-hydrogen) atoms. The van der Waals surface area contributed by atoms with Crippen LogP contribution < -0.4 is 0 Å². The number of ether oxygens (including phenoxy) is 1. The van der Waals surface area contributed by atoms with E-state index in [1.807, 2.05) is 36.1 Å². The summed E-state index contributed by atoms with van der Waals surface area (Å²) in [4.78, 5) is 45.0. The first-order valence-electron chi connectivity index (χ1n) is 11.6. The summed E-state index contributed by atoms with van der Waals surface area (Å²) in [5.41, 5.74) is 0.767. The molecule has 3 saturated heterocycles. The number of hydrogen-bond acceptors (Lipinski definition) is 5. The molecule has 3 fully saturated rings. The molecule has 1 aromatic heterocycles. The maximum absolute atomic E-state index is 13.5. The quantitative estimate of drug-likeness (QED) is 0.717. The first-order valence-corrected chi connectivity index (χ1v) is 11.6. The van der Waals surface area contributed by atoms with Crippen molar-refractivity contribution < 1.29 is 23.5 Å². The van der Waals surface area contributed by atoms with Gasteiger partial charge < -0.3 is 19.0 Å². The number of amides is 3. The Labute approximate surface area is 193 Å². The molecular weight excluding hydrogens is 422 g/mol. The van der Waals surface area contributed by atoms with Crippen LogP contribution in [0.5, 0.6) is 0 Å². The van der Waals surface area contributed by atoms with Gasteiger partial charge in [-0.05, 0) is 44.0 Å². The highest BCUT2D eigenvalue weighted by molar-refractivity contribution is 5.97. The summed E-state index contributed by atoms with van der Waals surface area (Å²) in [6.07, 6.45) is 4.30. The number of benzene rings is 1. The van der Waals surface area contributed by atoms with Crippen LogP contribution in [0, 0.1) is 6.92 Å². The van der Waals surface area contributed by atoms with E-state index >= 15 is 0 Å². The Balaban J connectivity index is 1.37. The minimum Gasteiger partial charge on any atom is -0.459 e. The summed E-state index contributed by atoms with van der Waals surface area (Å²) in [7, 11) is 0. The third-order valence-corrected chi connectivity index (χ3v) is 7.01. The fourth-order valence-electron chi connectivity index (χ4n) is 5.24. The van der Waals surface area contributed by atoms with Crippen molar-refractivity contribution in [1.29, 1.82) is 0 Å². The zero-order valence-electron chi connectivity index (χ0n) is 18.9. The van der Waals surface area contributed by atoms with Crippen molar-refractivity contribution in [3.05, 3.63) is 59.5 Å². The van der Waals surface area contributed by atoms with E-state index in [2.05, 4.69) is 0 Å². The Bertz CT molecular complexity index is 1040. The predicted molar refractivity (Wildman–Crippen MR) is 119 cm³/mol. The molecule has 8 heteroatoms. The van der Waals surface area contributed by atoms with Crippen molar-refractivity contribution in [1.82, 2.24) is 14.7 Å². The van der Waals surface area contributed by atoms with Gasteiger partial charge in [-0.1, -0.05) is 17.7 Å². The van der Waals surface area contributed by atoms with Crippen LogP contribution >= 0.6 is 0 Å². The number of rotatable bonds is 3. The van der Waals surface area contributed by atoms with Gasteiger partial charge in [0.15, 0.2) is 5.76 Å². The fourth-order valence-corrected chi connectivity index (χ4v) is 5.24. The third-order valence-electron chi connectivity index (χ3n) is 7.01. The van der Waals surface area contributed by atoms with Crippen molar-refractivity contribution in [2.75, 3.05) is 32.8 Å². The Morgan fingerprint density at radius 1 is 0.939 bits per heavy atom. The molecule has 3 aliphatic rings. The Morgan fingerprint density at radius 3 is 2.36 bits per heavy atom. The molecule has 1 unspecified atom stereocenters. The van der Waals surface area contributed by atoms with Crippen LogP contribution in [0.4, 0.5) is 0 Å². The van der Waals surface area contributed by atoms with E-state index in [-0.39, 0.29) is 30.1 Å². The number of likely N-dealkylation sites (tertiary alicyclic amines) is 2. The predicted octanol–water partition coefficient (Wildman–Crippen LogP) is 2.68. The summed E-state index contributed by atoms with van der Waals surface area (Å²) in [6.45, 7) is 4.43. The molecule has 2 aromatic rings. The molecule has 5 rings (SSSR count).